The van der Waals surface area contributed by atoms with Crippen molar-refractivity contribution in [3.05, 3.63) is 69.8 Å². The largest absolute Gasteiger partial charge is 0.385 e. The van der Waals surface area contributed by atoms with Gasteiger partial charge in [-0.1, -0.05) is 30.3 Å². The molecule has 2 heterocycles. The summed E-state index contributed by atoms with van der Waals surface area (Å²) >= 11 is 0. The highest BCUT2D eigenvalue weighted by molar-refractivity contribution is 5.99. The third-order valence-electron chi connectivity index (χ3n) is 5.96. The van der Waals surface area contributed by atoms with Gasteiger partial charge in [0.1, 0.15) is 5.56 Å². The molecule has 7 nitrogen and oxygen atoms in total. The van der Waals surface area contributed by atoms with Gasteiger partial charge in [0.15, 0.2) is 0 Å². The molecule has 2 aromatic rings. The number of ether oxygens (including phenoxy) is 1. The molecule has 0 radical (unpaired) electrons. The molecular formula is C23H27N3O4. The van der Waals surface area contributed by atoms with Gasteiger partial charge in [0.05, 0.1) is 11.0 Å². The summed E-state index contributed by atoms with van der Waals surface area (Å²) in [5.74, 6) is 0.0279. The first kappa shape index (κ1) is 20.3. The summed E-state index contributed by atoms with van der Waals surface area (Å²) < 4.78 is 6.05. The van der Waals surface area contributed by atoms with Gasteiger partial charge >= 0.3 is 0 Å². The van der Waals surface area contributed by atoms with E-state index in [2.05, 4.69) is 17.4 Å². The number of anilines is 1. The van der Waals surface area contributed by atoms with Crippen LogP contribution < -0.4 is 5.32 Å². The van der Waals surface area contributed by atoms with Crippen LogP contribution in [0.3, 0.4) is 0 Å². The number of nitro groups is 1. The smallest absolute Gasteiger partial charge is 0.282 e. The number of nitro benzene ring substituents is 1. The second-order valence-electron chi connectivity index (χ2n) is 7.97. The zero-order valence-corrected chi connectivity index (χ0v) is 17.0. The first-order chi connectivity index (χ1) is 14.6. The van der Waals surface area contributed by atoms with Crippen molar-refractivity contribution in [1.29, 1.82) is 0 Å². The molecule has 0 bridgehead atoms. The molecule has 0 aromatic heterocycles. The molecule has 2 atom stereocenters. The number of nitrogens with zero attached hydrogens (tertiary/aromatic N) is 2. The van der Waals surface area contributed by atoms with Gasteiger partial charge in [-0.2, -0.15) is 0 Å². The lowest BCUT2D eigenvalue weighted by molar-refractivity contribution is -0.385. The van der Waals surface area contributed by atoms with Crippen molar-refractivity contribution in [1.82, 2.24) is 4.90 Å². The predicted molar refractivity (Wildman–Crippen MR) is 115 cm³/mol. The highest BCUT2D eigenvalue weighted by Gasteiger charge is 2.29. The van der Waals surface area contributed by atoms with E-state index in [4.69, 9.17) is 4.74 Å². The fraction of sp³-hybridized carbons (Fsp3) is 0.435. The van der Waals surface area contributed by atoms with Crippen molar-refractivity contribution in [2.45, 2.75) is 31.8 Å². The van der Waals surface area contributed by atoms with Gasteiger partial charge in [-0.15, -0.1) is 0 Å². The summed E-state index contributed by atoms with van der Waals surface area (Å²) in [7, 11) is 0. The van der Waals surface area contributed by atoms with E-state index in [1.165, 1.54) is 6.07 Å². The lowest BCUT2D eigenvalue weighted by Crippen LogP contribution is -2.29. The number of carbonyl (C=O) groups is 1. The van der Waals surface area contributed by atoms with Crippen LogP contribution in [0.2, 0.25) is 0 Å². The van der Waals surface area contributed by atoms with Crippen molar-refractivity contribution in [3.63, 3.8) is 0 Å². The quantitative estimate of drug-likeness (QED) is 0.564. The number of hydrogen-bond acceptors (Lipinski definition) is 5. The van der Waals surface area contributed by atoms with E-state index in [0.29, 0.717) is 19.6 Å². The molecule has 0 saturated carbocycles. The topological polar surface area (TPSA) is 84.7 Å². The van der Waals surface area contributed by atoms with Crippen molar-refractivity contribution >= 4 is 17.3 Å². The van der Waals surface area contributed by atoms with E-state index in [9.17, 15) is 14.9 Å². The molecule has 2 unspecified atom stereocenters. The van der Waals surface area contributed by atoms with Gasteiger partial charge in [-0.05, 0) is 43.4 Å². The zero-order chi connectivity index (χ0) is 20.9. The lowest BCUT2D eigenvalue weighted by Gasteiger charge is -2.32. The van der Waals surface area contributed by atoms with E-state index < -0.39 is 4.92 Å². The number of hydrogen-bond donors (Lipinski definition) is 1. The standard InChI is InChI=1S/C23H27N3O4/c27-23(25-12-4-5-13-25)20-15-19(10-11-21(20)26(28)29)24-16-18-9-6-14-30-22(18)17-7-2-1-3-8-17/h1-3,7-8,10-11,15,18,22,24H,4-6,9,12-14,16H2. The minimum Gasteiger partial charge on any atom is -0.385 e. The Morgan fingerprint density at radius 2 is 1.90 bits per heavy atom. The van der Waals surface area contributed by atoms with Crippen LogP contribution in [0.25, 0.3) is 0 Å². The maximum Gasteiger partial charge on any atom is 0.282 e. The Morgan fingerprint density at radius 3 is 2.63 bits per heavy atom. The molecule has 158 valence electrons. The molecule has 30 heavy (non-hydrogen) atoms. The van der Waals surface area contributed by atoms with Gasteiger partial charge < -0.3 is 15.0 Å². The molecule has 4 rings (SSSR count). The van der Waals surface area contributed by atoms with Gasteiger partial charge in [0, 0.05) is 43.9 Å². The molecule has 0 aliphatic carbocycles. The van der Waals surface area contributed by atoms with Crippen LogP contribution in [-0.2, 0) is 4.74 Å². The van der Waals surface area contributed by atoms with E-state index >= 15 is 0 Å². The summed E-state index contributed by atoms with van der Waals surface area (Å²) in [6.07, 6.45) is 3.96. The summed E-state index contributed by atoms with van der Waals surface area (Å²) in [6.45, 7) is 2.74. The van der Waals surface area contributed by atoms with Crippen LogP contribution in [0.1, 0.15) is 47.7 Å². The second-order valence-corrected chi connectivity index (χ2v) is 7.97. The molecule has 2 aliphatic heterocycles. The molecular weight excluding hydrogens is 382 g/mol. The maximum absolute atomic E-state index is 12.8. The fourth-order valence-electron chi connectivity index (χ4n) is 4.38. The monoisotopic (exact) mass is 409 g/mol. The zero-order valence-electron chi connectivity index (χ0n) is 17.0. The molecule has 0 spiro atoms. The first-order valence-corrected chi connectivity index (χ1v) is 10.6. The number of benzene rings is 2. The van der Waals surface area contributed by atoms with E-state index in [1.807, 2.05) is 18.2 Å². The molecule has 2 fully saturated rings. The second kappa shape index (κ2) is 9.26. The van der Waals surface area contributed by atoms with E-state index in [0.717, 1.165) is 43.5 Å². The Bertz CT molecular complexity index is 897. The highest BCUT2D eigenvalue weighted by Crippen LogP contribution is 2.34. The molecule has 1 N–H and O–H groups in total. The summed E-state index contributed by atoms with van der Waals surface area (Å²) in [6, 6.07) is 14.9. The van der Waals surface area contributed by atoms with Crippen LogP contribution in [-0.4, -0.2) is 42.0 Å². The summed E-state index contributed by atoms with van der Waals surface area (Å²) in [4.78, 5) is 25.5. The Labute approximate surface area is 176 Å². The molecule has 7 heteroatoms. The van der Waals surface area contributed by atoms with E-state index in [1.54, 1.807) is 17.0 Å². The third-order valence-corrected chi connectivity index (χ3v) is 5.96. The Morgan fingerprint density at radius 1 is 1.13 bits per heavy atom. The Kier molecular flexibility index (Phi) is 6.28. The molecule has 2 aromatic carbocycles. The predicted octanol–water partition coefficient (Wildman–Crippen LogP) is 4.41. The fourth-order valence-corrected chi connectivity index (χ4v) is 4.38. The Balaban J connectivity index is 1.50. The summed E-state index contributed by atoms with van der Waals surface area (Å²) in [5, 5.41) is 14.8. The van der Waals surface area contributed by atoms with Crippen LogP contribution in [0.5, 0.6) is 0 Å². The highest BCUT2D eigenvalue weighted by atomic mass is 16.6. The number of carbonyl (C=O) groups excluding carboxylic acids is 1. The molecule has 2 aliphatic rings. The minimum atomic E-state index is -0.479. The number of nitrogens with one attached hydrogen (secondary N) is 1. The molecule has 1 amide bonds. The maximum atomic E-state index is 12.8. The van der Waals surface area contributed by atoms with Crippen molar-refractivity contribution < 1.29 is 14.5 Å². The van der Waals surface area contributed by atoms with Gasteiger partial charge in [-0.3, -0.25) is 14.9 Å². The van der Waals surface area contributed by atoms with Crippen molar-refractivity contribution in [3.8, 4) is 0 Å². The van der Waals surface area contributed by atoms with Crippen LogP contribution in [0.4, 0.5) is 11.4 Å². The minimum absolute atomic E-state index is 0.0243. The summed E-state index contributed by atoms with van der Waals surface area (Å²) in [5.41, 5.74) is 1.91. The van der Waals surface area contributed by atoms with Crippen LogP contribution in [0, 0.1) is 16.0 Å². The third kappa shape index (κ3) is 4.46. The Hall–Kier alpha value is -2.93. The molecule has 2 saturated heterocycles. The number of rotatable bonds is 6. The van der Waals surface area contributed by atoms with Crippen molar-refractivity contribution in [2.24, 2.45) is 5.92 Å². The van der Waals surface area contributed by atoms with Crippen LogP contribution in [0.15, 0.2) is 48.5 Å². The van der Waals surface area contributed by atoms with Crippen molar-refractivity contribution in [2.75, 3.05) is 31.6 Å². The van der Waals surface area contributed by atoms with Gasteiger partial charge in [0.25, 0.3) is 11.6 Å². The normalized spacial score (nSPS) is 21.4. The lowest BCUT2D eigenvalue weighted by atomic mass is 9.89. The number of amides is 1. The van der Waals surface area contributed by atoms with Gasteiger partial charge in [0.2, 0.25) is 0 Å². The van der Waals surface area contributed by atoms with E-state index in [-0.39, 0.29) is 29.2 Å². The average Bonchev–Trinajstić information content (AvgIpc) is 3.33. The van der Waals surface area contributed by atoms with Crippen LogP contribution >= 0.6 is 0 Å². The number of likely N-dealkylation sites (tertiary alicyclic amines) is 1. The average molecular weight is 409 g/mol. The van der Waals surface area contributed by atoms with Gasteiger partial charge in [-0.25, -0.2) is 0 Å². The SMILES string of the molecule is O=C(c1cc(NCC2CCCOC2c2ccccc2)ccc1[N+](=O)[O-])N1CCCC1. The first-order valence-electron chi connectivity index (χ1n) is 10.6.